The molecule has 1 fully saturated rings. The molecule has 2 aromatic rings. The summed E-state index contributed by atoms with van der Waals surface area (Å²) in [6.45, 7) is 3.53. The summed E-state index contributed by atoms with van der Waals surface area (Å²) in [6.07, 6.45) is 3.54. The van der Waals surface area contributed by atoms with Gasteiger partial charge in [-0.05, 0) is 62.3 Å². The number of ether oxygens (including phenoxy) is 1. The van der Waals surface area contributed by atoms with Crippen molar-refractivity contribution >= 4 is 0 Å². The number of furan rings is 1. The van der Waals surface area contributed by atoms with E-state index in [4.69, 9.17) is 14.4 Å². The topological polar surface area (TPSA) is 81.7 Å². The van der Waals surface area contributed by atoms with Crippen LogP contribution >= 0.6 is 0 Å². The fourth-order valence-corrected chi connectivity index (χ4v) is 3.21. The number of aliphatic hydroxyl groups excluding tert-OH is 1. The first-order valence-electron chi connectivity index (χ1n) is 9.05. The summed E-state index contributed by atoms with van der Waals surface area (Å²) in [6, 6.07) is 13.1. The molecule has 2 N–H and O–H groups in total. The monoisotopic (exact) mass is 355 g/mol. The fraction of sp³-hybridized carbons (Fsp3) is 0.450. The molecule has 1 aliphatic rings. The standard InChI is InChI=1S/C20H25N3O3/c21-12-16-5-7-18(8-6-16)26-15-17(24)13-22-14-19(20-4-3-11-25-20)23-9-1-2-10-23/h3-8,11,17,19,22,24H,1-2,9-10,13-15H2/t17-,19-/m1/s1. The minimum absolute atomic E-state index is 0.194. The summed E-state index contributed by atoms with van der Waals surface area (Å²) in [7, 11) is 0. The van der Waals surface area contributed by atoms with Gasteiger partial charge >= 0.3 is 0 Å². The summed E-state index contributed by atoms with van der Waals surface area (Å²) in [5.74, 6) is 1.61. The van der Waals surface area contributed by atoms with Crippen molar-refractivity contribution < 1.29 is 14.3 Å². The summed E-state index contributed by atoms with van der Waals surface area (Å²) < 4.78 is 11.2. The lowest BCUT2D eigenvalue weighted by molar-refractivity contribution is 0.103. The van der Waals surface area contributed by atoms with Gasteiger partial charge in [-0.3, -0.25) is 4.90 Å². The van der Waals surface area contributed by atoms with Gasteiger partial charge in [0.15, 0.2) is 0 Å². The molecule has 0 saturated carbocycles. The van der Waals surface area contributed by atoms with E-state index in [2.05, 4.69) is 16.3 Å². The molecule has 2 heterocycles. The highest BCUT2D eigenvalue weighted by atomic mass is 16.5. The third-order valence-corrected chi connectivity index (χ3v) is 4.60. The minimum Gasteiger partial charge on any atom is -0.491 e. The van der Waals surface area contributed by atoms with Gasteiger partial charge in [0.1, 0.15) is 24.2 Å². The van der Waals surface area contributed by atoms with E-state index in [-0.39, 0.29) is 12.6 Å². The van der Waals surface area contributed by atoms with Crippen LogP contribution in [0.2, 0.25) is 0 Å². The van der Waals surface area contributed by atoms with Crippen molar-refractivity contribution in [1.82, 2.24) is 10.2 Å². The molecule has 3 rings (SSSR count). The van der Waals surface area contributed by atoms with Crippen molar-refractivity contribution in [2.45, 2.75) is 25.0 Å². The highest BCUT2D eigenvalue weighted by molar-refractivity contribution is 5.34. The minimum atomic E-state index is -0.610. The van der Waals surface area contributed by atoms with Gasteiger partial charge in [-0.25, -0.2) is 0 Å². The van der Waals surface area contributed by atoms with Crippen molar-refractivity contribution in [3.8, 4) is 11.8 Å². The molecule has 0 spiro atoms. The number of benzene rings is 1. The highest BCUT2D eigenvalue weighted by Crippen LogP contribution is 2.24. The predicted molar refractivity (Wildman–Crippen MR) is 97.8 cm³/mol. The Labute approximate surface area is 154 Å². The van der Waals surface area contributed by atoms with Gasteiger partial charge in [-0.1, -0.05) is 0 Å². The Balaban J connectivity index is 1.42. The van der Waals surface area contributed by atoms with Crippen molar-refractivity contribution in [2.24, 2.45) is 0 Å². The van der Waals surface area contributed by atoms with Crippen LogP contribution < -0.4 is 10.1 Å². The second-order valence-corrected chi connectivity index (χ2v) is 6.53. The summed E-state index contributed by atoms with van der Waals surface area (Å²) in [5, 5.41) is 22.3. The number of nitriles is 1. The highest BCUT2D eigenvalue weighted by Gasteiger charge is 2.25. The van der Waals surface area contributed by atoms with E-state index >= 15 is 0 Å². The van der Waals surface area contributed by atoms with Gasteiger partial charge in [0.25, 0.3) is 0 Å². The summed E-state index contributed by atoms with van der Waals surface area (Å²) in [4.78, 5) is 2.42. The van der Waals surface area contributed by atoms with E-state index in [1.807, 2.05) is 12.1 Å². The molecule has 0 radical (unpaired) electrons. The number of nitrogens with one attached hydrogen (secondary N) is 1. The Kier molecular flexibility index (Phi) is 6.67. The number of rotatable bonds is 9. The first-order valence-corrected chi connectivity index (χ1v) is 9.05. The average molecular weight is 355 g/mol. The van der Waals surface area contributed by atoms with E-state index in [0.717, 1.165) is 25.4 Å². The zero-order valence-electron chi connectivity index (χ0n) is 14.8. The fourth-order valence-electron chi connectivity index (χ4n) is 3.21. The first-order chi connectivity index (χ1) is 12.8. The molecule has 1 aromatic heterocycles. The molecular formula is C20H25N3O3. The van der Waals surface area contributed by atoms with Crippen LogP contribution in [0.3, 0.4) is 0 Å². The number of hydrogen-bond donors (Lipinski definition) is 2. The molecule has 1 aliphatic heterocycles. The van der Waals surface area contributed by atoms with Gasteiger partial charge in [0.2, 0.25) is 0 Å². The van der Waals surface area contributed by atoms with Gasteiger partial charge in [0, 0.05) is 13.1 Å². The second kappa shape index (κ2) is 9.39. The average Bonchev–Trinajstić information content (AvgIpc) is 3.38. The number of likely N-dealkylation sites (tertiary alicyclic amines) is 1. The summed E-state index contributed by atoms with van der Waals surface area (Å²) in [5.41, 5.74) is 0.588. The molecule has 1 aromatic carbocycles. The molecule has 0 unspecified atom stereocenters. The zero-order chi connectivity index (χ0) is 18.2. The van der Waals surface area contributed by atoms with Crippen LogP contribution in [0.1, 0.15) is 30.2 Å². The van der Waals surface area contributed by atoms with Crippen LogP contribution in [0.25, 0.3) is 0 Å². The van der Waals surface area contributed by atoms with Gasteiger partial charge in [0.05, 0.1) is 23.9 Å². The SMILES string of the molecule is N#Cc1ccc(OC[C@H](O)CNC[C@H](c2ccco2)N2CCCC2)cc1. The lowest BCUT2D eigenvalue weighted by Gasteiger charge is -2.26. The summed E-state index contributed by atoms with van der Waals surface area (Å²) >= 11 is 0. The largest absolute Gasteiger partial charge is 0.491 e. The molecule has 6 heteroatoms. The molecule has 2 atom stereocenters. The number of aliphatic hydroxyl groups is 1. The van der Waals surface area contributed by atoms with E-state index < -0.39 is 6.10 Å². The maximum Gasteiger partial charge on any atom is 0.122 e. The van der Waals surface area contributed by atoms with E-state index in [9.17, 15) is 5.11 Å². The maximum absolute atomic E-state index is 10.1. The third-order valence-electron chi connectivity index (χ3n) is 4.60. The van der Waals surface area contributed by atoms with Crippen molar-refractivity contribution in [3.63, 3.8) is 0 Å². The Bertz CT molecular complexity index is 688. The van der Waals surface area contributed by atoms with Crippen LogP contribution in [0.4, 0.5) is 0 Å². The number of nitrogens with zero attached hydrogens (tertiary/aromatic N) is 2. The van der Waals surface area contributed by atoms with Crippen LogP contribution in [0.5, 0.6) is 5.75 Å². The Morgan fingerprint density at radius 3 is 2.62 bits per heavy atom. The van der Waals surface area contributed by atoms with E-state index in [0.29, 0.717) is 17.9 Å². The van der Waals surface area contributed by atoms with E-state index in [1.54, 1.807) is 30.5 Å². The van der Waals surface area contributed by atoms with Gasteiger partial charge in [-0.15, -0.1) is 0 Å². The van der Waals surface area contributed by atoms with Crippen molar-refractivity contribution in [1.29, 1.82) is 5.26 Å². The normalized spacial score (nSPS) is 16.9. The maximum atomic E-state index is 10.1. The molecule has 0 amide bonds. The molecule has 26 heavy (non-hydrogen) atoms. The van der Waals surface area contributed by atoms with Crippen LogP contribution in [0.15, 0.2) is 47.1 Å². The first kappa shape index (κ1) is 18.5. The third kappa shape index (κ3) is 5.09. The van der Waals surface area contributed by atoms with Crippen LogP contribution in [-0.4, -0.2) is 48.9 Å². The quantitative estimate of drug-likeness (QED) is 0.718. The van der Waals surface area contributed by atoms with Gasteiger partial charge < -0.3 is 19.6 Å². The molecule has 0 bridgehead atoms. The predicted octanol–water partition coefficient (Wildman–Crippen LogP) is 2.32. The molecular weight excluding hydrogens is 330 g/mol. The van der Waals surface area contributed by atoms with Crippen LogP contribution in [0, 0.1) is 11.3 Å². The number of hydrogen-bond acceptors (Lipinski definition) is 6. The van der Waals surface area contributed by atoms with Crippen LogP contribution in [-0.2, 0) is 0 Å². The lowest BCUT2D eigenvalue weighted by Crippen LogP contribution is -2.38. The molecule has 0 aliphatic carbocycles. The second-order valence-electron chi connectivity index (χ2n) is 6.53. The molecule has 1 saturated heterocycles. The van der Waals surface area contributed by atoms with E-state index in [1.165, 1.54) is 12.8 Å². The Hall–Kier alpha value is -2.33. The van der Waals surface area contributed by atoms with Crippen molar-refractivity contribution in [3.05, 3.63) is 54.0 Å². The smallest absolute Gasteiger partial charge is 0.122 e. The van der Waals surface area contributed by atoms with Gasteiger partial charge in [-0.2, -0.15) is 5.26 Å². The zero-order valence-corrected chi connectivity index (χ0v) is 14.8. The lowest BCUT2D eigenvalue weighted by atomic mass is 10.2. The Morgan fingerprint density at radius 1 is 1.19 bits per heavy atom. The molecule has 6 nitrogen and oxygen atoms in total. The van der Waals surface area contributed by atoms with Crippen molar-refractivity contribution in [2.75, 3.05) is 32.8 Å². The Morgan fingerprint density at radius 2 is 1.96 bits per heavy atom. The molecule has 138 valence electrons.